The summed E-state index contributed by atoms with van der Waals surface area (Å²) < 4.78 is 1.79. The topological polar surface area (TPSA) is 34.9 Å². The molecule has 0 saturated heterocycles. The van der Waals surface area contributed by atoms with Gasteiger partial charge in [0.15, 0.2) is 5.78 Å². The molecule has 0 saturated carbocycles. The lowest BCUT2D eigenvalue weighted by molar-refractivity contribution is 0.104. The third kappa shape index (κ3) is 2.56. The first-order valence-electron chi connectivity index (χ1n) is 5.89. The number of aryl methyl sites for hydroxylation is 2. The van der Waals surface area contributed by atoms with Gasteiger partial charge >= 0.3 is 0 Å². The van der Waals surface area contributed by atoms with Crippen LogP contribution in [0.1, 0.15) is 28.7 Å². The molecule has 0 aliphatic carbocycles. The van der Waals surface area contributed by atoms with Gasteiger partial charge in [0.1, 0.15) is 0 Å². The monoisotopic (exact) mass is 240 g/mol. The number of rotatable bonds is 3. The van der Waals surface area contributed by atoms with Crippen molar-refractivity contribution in [3.05, 3.63) is 59.4 Å². The van der Waals surface area contributed by atoms with Gasteiger partial charge in [-0.25, -0.2) is 4.68 Å². The van der Waals surface area contributed by atoms with Crippen molar-refractivity contribution < 1.29 is 4.79 Å². The molecular weight excluding hydrogens is 224 g/mol. The molecule has 92 valence electrons. The van der Waals surface area contributed by atoms with Crippen molar-refractivity contribution in [3.8, 4) is 0 Å². The Morgan fingerprint density at radius 1 is 1.22 bits per heavy atom. The third-order valence-electron chi connectivity index (χ3n) is 2.74. The zero-order chi connectivity index (χ0) is 13.1. The van der Waals surface area contributed by atoms with Crippen molar-refractivity contribution in [2.24, 2.45) is 0 Å². The van der Waals surface area contributed by atoms with Crippen molar-refractivity contribution in [1.82, 2.24) is 9.78 Å². The predicted molar refractivity (Wildman–Crippen MR) is 72.4 cm³/mol. The van der Waals surface area contributed by atoms with Crippen molar-refractivity contribution >= 4 is 11.5 Å². The molecule has 1 heterocycles. The van der Waals surface area contributed by atoms with Gasteiger partial charge in [-0.3, -0.25) is 4.79 Å². The van der Waals surface area contributed by atoms with E-state index in [2.05, 4.69) is 5.10 Å². The molecule has 0 aliphatic rings. The molecule has 0 amide bonds. The lowest BCUT2D eigenvalue weighted by Gasteiger charge is -2.04. The third-order valence-corrected chi connectivity index (χ3v) is 2.74. The maximum Gasteiger partial charge on any atom is 0.187 e. The largest absolute Gasteiger partial charge is 0.289 e. The van der Waals surface area contributed by atoms with Crippen LogP contribution in [0.2, 0.25) is 0 Å². The van der Waals surface area contributed by atoms with Gasteiger partial charge in [-0.15, -0.1) is 0 Å². The Hall–Kier alpha value is -2.16. The molecule has 0 aliphatic heterocycles. The van der Waals surface area contributed by atoms with E-state index in [0.717, 1.165) is 17.1 Å². The molecule has 0 bridgehead atoms. The molecule has 1 aromatic carbocycles. The minimum absolute atomic E-state index is 0.000605. The summed E-state index contributed by atoms with van der Waals surface area (Å²) in [6, 6.07) is 11.2. The normalized spacial score (nSPS) is 11.6. The second kappa shape index (κ2) is 5.00. The Morgan fingerprint density at radius 2 is 1.89 bits per heavy atom. The van der Waals surface area contributed by atoms with Crippen LogP contribution in [0.5, 0.6) is 0 Å². The number of nitrogens with zero attached hydrogens (tertiary/aromatic N) is 2. The van der Waals surface area contributed by atoms with Crippen LogP contribution in [-0.4, -0.2) is 15.6 Å². The van der Waals surface area contributed by atoms with E-state index in [9.17, 15) is 4.79 Å². The summed E-state index contributed by atoms with van der Waals surface area (Å²) in [4.78, 5) is 12.0. The summed E-state index contributed by atoms with van der Waals surface area (Å²) in [6.07, 6.45) is 1.62. The maximum atomic E-state index is 12.0. The molecular formula is C15H16N2O. The highest BCUT2D eigenvalue weighted by Crippen LogP contribution is 2.11. The fourth-order valence-corrected chi connectivity index (χ4v) is 1.92. The molecule has 1 aromatic heterocycles. The van der Waals surface area contributed by atoms with Crippen LogP contribution in [0, 0.1) is 13.8 Å². The van der Waals surface area contributed by atoms with Gasteiger partial charge in [0.25, 0.3) is 0 Å². The number of allylic oxidation sites excluding steroid dienone is 2. The van der Waals surface area contributed by atoms with E-state index in [0.29, 0.717) is 5.56 Å². The number of ketones is 1. The fourth-order valence-electron chi connectivity index (χ4n) is 1.92. The smallest absolute Gasteiger partial charge is 0.187 e. The highest BCUT2D eigenvalue weighted by atomic mass is 16.1. The quantitative estimate of drug-likeness (QED) is 0.609. The van der Waals surface area contributed by atoms with Crippen LogP contribution < -0.4 is 0 Å². The van der Waals surface area contributed by atoms with Crippen LogP contribution >= 0.6 is 0 Å². The Bertz CT molecular complexity index is 594. The van der Waals surface area contributed by atoms with E-state index in [1.165, 1.54) is 0 Å². The minimum Gasteiger partial charge on any atom is -0.289 e. The van der Waals surface area contributed by atoms with E-state index < -0.39 is 0 Å². The highest BCUT2D eigenvalue weighted by Gasteiger charge is 2.06. The lowest BCUT2D eigenvalue weighted by Crippen LogP contribution is -2.02. The van der Waals surface area contributed by atoms with E-state index in [1.54, 1.807) is 10.8 Å². The van der Waals surface area contributed by atoms with Crippen LogP contribution in [0.4, 0.5) is 0 Å². The maximum absolute atomic E-state index is 12.0. The summed E-state index contributed by atoms with van der Waals surface area (Å²) in [7, 11) is 0. The second-order valence-electron chi connectivity index (χ2n) is 4.35. The van der Waals surface area contributed by atoms with Crippen LogP contribution in [0.25, 0.3) is 5.70 Å². The molecule has 18 heavy (non-hydrogen) atoms. The van der Waals surface area contributed by atoms with Gasteiger partial charge in [0.05, 0.1) is 5.69 Å². The highest BCUT2D eigenvalue weighted by molar-refractivity contribution is 6.07. The number of carbonyl (C=O) groups is 1. The Kier molecular flexibility index (Phi) is 3.42. The number of carbonyl (C=O) groups excluding carboxylic acids is 1. The van der Waals surface area contributed by atoms with Gasteiger partial charge in [-0.05, 0) is 26.8 Å². The molecule has 0 spiro atoms. The Morgan fingerprint density at radius 3 is 2.44 bits per heavy atom. The molecule has 0 atom stereocenters. The molecule has 2 aromatic rings. The van der Waals surface area contributed by atoms with Crippen molar-refractivity contribution in [1.29, 1.82) is 0 Å². The first-order chi connectivity index (χ1) is 8.58. The summed E-state index contributed by atoms with van der Waals surface area (Å²) in [5, 5.41) is 4.35. The van der Waals surface area contributed by atoms with Gasteiger partial charge in [0.2, 0.25) is 0 Å². The van der Waals surface area contributed by atoms with Crippen LogP contribution in [0.15, 0.2) is 42.5 Å². The molecule has 0 unspecified atom stereocenters. The molecule has 0 fully saturated rings. The number of hydrogen-bond acceptors (Lipinski definition) is 2. The van der Waals surface area contributed by atoms with E-state index in [4.69, 9.17) is 0 Å². The Balaban J connectivity index is 2.29. The van der Waals surface area contributed by atoms with E-state index in [1.807, 2.05) is 57.2 Å². The average Bonchev–Trinajstić information content (AvgIpc) is 2.69. The minimum atomic E-state index is 0.000605. The Labute approximate surface area is 107 Å². The molecule has 0 radical (unpaired) electrons. The van der Waals surface area contributed by atoms with E-state index >= 15 is 0 Å². The van der Waals surface area contributed by atoms with Gasteiger partial charge in [-0.1, -0.05) is 30.3 Å². The van der Waals surface area contributed by atoms with E-state index in [-0.39, 0.29) is 5.78 Å². The fraction of sp³-hybridized carbons (Fsp3) is 0.200. The van der Waals surface area contributed by atoms with Gasteiger partial charge in [0, 0.05) is 23.0 Å². The zero-order valence-corrected chi connectivity index (χ0v) is 10.8. The van der Waals surface area contributed by atoms with Gasteiger partial charge in [-0.2, -0.15) is 5.10 Å². The van der Waals surface area contributed by atoms with Crippen molar-refractivity contribution in [3.63, 3.8) is 0 Å². The summed E-state index contributed by atoms with van der Waals surface area (Å²) in [5.41, 5.74) is 3.50. The summed E-state index contributed by atoms with van der Waals surface area (Å²) in [5.74, 6) is 0.000605. The first kappa shape index (κ1) is 12.3. The summed E-state index contributed by atoms with van der Waals surface area (Å²) >= 11 is 0. The average molecular weight is 240 g/mol. The molecule has 3 heteroatoms. The standard InChI is InChI=1S/C15H16N2O/c1-11-9-12(2)17(16-11)13(3)10-15(18)14-7-5-4-6-8-14/h4-10H,1-3H3/b13-10-. The molecule has 2 rings (SSSR count). The zero-order valence-electron chi connectivity index (χ0n) is 10.8. The van der Waals surface area contributed by atoms with Crippen LogP contribution in [-0.2, 0) is 0 Å². The predicted octanol–water partition coefficient (Wildman–Crippen LogP) is 3.24. The number of aromatic nitrogens is 2. The second-order valence-corrected chi connectivity index (χ2v) is 4.35. The van der Waals surface area contributed by atoms with Crippen LogP contribution in [0.3, 0.4) is 0 Å². The van der Waals surface area contributed by atoms with Gasteiger partial charge < -0.3 is 0 Å². The summed E-state index contributed by atoms with van der Waals surface area (Å²) in [6.45, 7) is 5.81. The SMILES string of the molecule is C/C(=C/C(=O)c1ccccc1)n1nc(C)cc1C. The van der Waals surface area contributed by atoms with Crippen molar-refractivity contribution in [2.45, 2.75) is 20.8 Å². The first-order valence-corrected chi connectivity index (χ1v) is 5.89. The lowest BCUT2D eigenvalue weighted by atomic mass is 10.1. The molecule has 3 nitrogen and oxygen atoms in total. The molecule has 0 N–H and O–H groups in total. The number of hydrogen-bond donors (Lipinski definition) is 0. The van der Waals surface area contributed by atoms with Crippen molar-refractivity contribution in [2.75, 3.05) is 0 Å². The number of benzene rings is 1.